The molecule has 106 valence electrons. The van der Waals surface area contributed by atoms with Gasteiger partial charge in [-0.15, -0.1) is 0 Å². The summed E-state index contributed by atoms with van der Waals surface area (Å²) >= 11 is 0. The summed E-state index contributed by atoms with van der Waals surface area (Å²) in [7, 11) is 1.70. The molecule has 0 amide bonds. The summed E-state index contributed by atoms with van der Waals surface area (Å²) < 4.78 is 7.79. The van der Waals surface area contributed by atoms with Gasteiger partial charge in [0.1, 0.15) is 6.54 Å². The third-order valence-corrected chi connectivity index (χ3v) is 3.73. The van der Waals surface area contributed by atoms with Crippen molar-refractivity contribution in [2.45, 2.75) is 39.2 Å². The second kappa shape index (κ2) is 4.73. The average Bonchev–Trinajstić information content (AvgIpc) is 3.10. The molecule has 1 aliphatic rings. The molecule has 0 spiro atoms. The first kappa shape index (κ1) is 12.8. The molecule has 0 aliphatic heterocycles. The average molecular weight is 276 g/mol. The molecule has 0 radical (unpaired) electrons. The Morgan fingerprint density at radius 3 is 2.80 bits per heavy atom. The highest BCUT2D eigenvalue weighted by atomic mass is 16.5. The molecule has 7 nitrogen and oxygen atoms in total. The van der Waals surface area contributed by atoms with E-state index < -0.39 is 0 Å². The van der Waals surface area contributed by atoms with Crippen LogP contribution in [-0.4, -0.2) is 19.3 Å². The van der Waals surface area contributed by atoms with Gasteiger partial charge in [-0.1, -0.05) is 12.1 Å². The van der Waals surface area contributed by atoms with Crippen LogP contribution in [0.5, 0.6) is 0 Å². The van der Waals surface area contributed by atoms with Gasteiger partial charge in [0.2, 0.25) is 5.89 Å². The predicted molar refractivity (Wildman–Crippen MR) is 70.7 cm³/mol. The number of rotatable bonds is 3. The third-order valence-electron chi connectivity index (χ3n) is 3.73. The van der Waals surface area contributed by atoms with Gasteiger partial charge in [0.15, 0.2) is 5.82 Å². The van der Waals surface area contributed by atoms with Crippen LogP contribution in [0.4, 0.5) is 0 Å². The summed E-state index contributed by atoms with van der Waals surface area (Å²) in [6, 6.07) is 0. The van der Waals surface area contributed by atoms with Gasteiger partial charge < -0.3 is 9.09 Å². The van der Waals surface area contributed by atoms with Crippen LogP contribution in [0.15, 0.2) is 14.1 Å². The van der Waals surface area contributed by atoms with E-state index in [1.54, 1.807) is 11.6 Å². The predicted octanol–water partition coefficient (Wildman–Crippen LogP) is 0.0294. The number of hydrogen-bond donors (Lipinski definition) is 0. The third kappa shape index (κ3) is 1.90. The van der Waals surface area contributed by atoms with Gasteiger partial charge in [0, 0.05) is 24.7 Å². The monoisotopic (exact) mass is 276 g/mol. The van der Waals surface area contributed by atoms with Crippen molar-refractivity contribution in [3.8, 4) is 0 Å². The Balaban J connectivity index is 2.08. The van der Waals surface area contributed by atoms with Crippen LogP contribution in [0.1, 0.15) is 36.3 Å². The quantitative estimate of drug-likeness (QED) is 0.789. The smallest absolute Gasteiger partial charge is 0.331 e. The van der Waals surface area contributed by atoms with E-state index in [0.717, 1.165) is 30.5 Å². The molecule has 2 aromatic heterocycles. The Kier molecular flexibility index (Phi) is 3.04. The minimum Gasteiger partial charge on any atom is -0.337 e. The number of fused-ring (bicyclic) bond motifs is 1. The fourth-order valence-corrected chi connectivity index (χ4v) is 2.65. The van der Waals surface area contributed by atoms with Crippen LogP contribution in [0.3, 0.4) is 0 Å². The SMILES string of the molecule is CCc1noc(Cn2c(=O)c3c(n(C)c2=O)CCC3)n1. The van der Waals surface area contributed by atoms with Crippen LogP contribution in [0.25, 0.3) is 0 Å². The summed E-state index contributed by atoms with van der Waals surface area (Å²) in [6.07, 6.45) is 3.09. The Morgan fingerprint density at radius 1 is 1.30 bits per heavy atom. The van der Waals surface area contributed by atoms with Gasteiger partial charge in [0.05, 0.1) is 0 Å². The second-order valence-electron chi connectivity index (χ2n) is 4.97. The van der Waals surface area contributed by atoms with Crippen LogP contribution in [-0.2, 0) is 32.9 Å². The zero-order chi connectivity index (χ0) is 14.3. The number of nitrogens with zero attached hydrogens (tertiary/aromatic N) is 4. The van der Waals surface area contributed by atoms with E-state index in [1.165, 1.54) is 4.57 Å². The molecule has 0 N–H and O–H groups in total. The van der Waals surface area contributed by atoms with Gasteiger partial charge >= 0.3 is 5.69 Å². The number of aryl methyl sites for hydroxylation is 1. The standard InChI is InChI=1S/C13H16N4O3/c1-3-10-14-11(20-15-10)7-17-12(18)8-5-4-6-9(8)16(2)13(17)19/h3-7H2,1-2H3. The lowest BCUT2D eigenvalue weighted by Crippen LogP contribution is -2.42. The summed E-state index contributed by atoms with van der Waals surface area (Å²) in [4.78, 5) is 28.8. The van der Waals surface area contributed by atoms with Crippen molar-refractivity contribution in [1.82, 2.24) is 19.3 Å². The first-order valence-electron chi connectivity index (χ1n) is 6.74. The molecular weight excluding hydrogens is 260 g/mol. The maximum atomic E-state index is 12.4. The summed E-state index contributed by atoms with van der Waals surface area (Å²) in [5.74, 6) is 0.866. The highest BCUT2D eigenvalue weighted by Crippen LogP contribution is 2.16. The van der Waals surface area contributed by atoms with E-state index in [2.05, 4.69) is 10.1 Å². The molecule has 3 rings (SSSR count). The van der Waals surface area contributed by atoms with Crippen LogP contribution in [0, 0.1) is 0 Å². The van der Waals surface area contributed by atoms with Gasteiger partial charge in [0.25, 0.3) is 5.56 Å². The molecule has 2 aromatic rings. The van der Waals surface area contributed by atoms with E-state index in [9.17, 15) is 9.59 Å². The molecule has 0 fully saturated rings. The number of hydrogen-bond acceptors (Lipinski definition) is 5. The lowest BCUT2D eigenvalue weighted by atomic mass is 10.2. The molecule has 2 heterocycles. The molecule has 0 saturated heterocycles. The Hall–Kier alpha value is -2.18. The Morgan fingerprint density at radius 2 is 2.10 bits per heavy atom. The maximum Gasteiger partial charge on any atom is 0.331 e. The zero-order valence-electron chi connectivity index (χ0n) is 11.5. The summed E-state index contributed by atoms with van der Waals surface area (Å²) in [5, 5.41) is 3.77. The lowest BCUT2D eigenvalue weighted by molar-refractivity contribution is 0.361. The van der Waals surface area contributed by atoms with Crippen molar-refractivity contribution in [1.29, 1.82) is 0 Å². The van der Waals surface area contributed by atoms with E-state index in [1.807, 2.05) is 6.92 Å². The zero-order valence-corrected chi connectivity index (χ0v) is 11.5. The molecular formula is C13H16N4O3. The van der Waals surface area contributed by atoms with Crippen molar-refractivity contribution in [3.63, 3.8) is 0 Å². The van der Waals surface area contributed by atoms with Gasteiger partial charge in [-0.05, 0) is 19.3 Å². The van der Waals surface area contributed by atoms with E-state index in [-0.39, 0.29) is 17.8 Å². The van der Waals surface area contributed by atoms with Gasteiger partial charge in [-0.2, -0.15) is 4.98 Å². The first-order chi connectivity index (χ1) is 9.61. The van der Waals surface area contributed by atoms with Crippen LogP contribution >= 0.6 is 0 Å². The van der Waals surface area contributed by atoms with Crippen LogP contribution in [0.2, 0.25) is 0 Å². The second-order valence-corrected chi connectivity index (χ2v) is 4.97. The highest BCUT2D eigenvalue weighted by Gasteiger charge is 2.22. The number of aromatic nitrogens is 4. The van der Waals surface area contributed by atoms with E-state index in [0.29, 0.717) is 18.1 Å². The molecule has 0 saturated carbocycles. The fraction of sp³-hybridized carbons (Fsp3) is 0.538. The van der Waals surface area contributed by atoms with E-state index in [4.69, 9.17) is 4.52 Å². The molecule has 20 heavy (non-hydrogen) atoms. The molecule has 0 atom stereocenters. The molecule has 1 aliphatic carbocycles. The highest BCUT2D eigenvalue weighted by molar-refractivity contribution is 5.23. The minimum atomic E-state index is -0.327. The maximum absolute atomic E-state index is 12.4. The Labute approximate surface area is 114 Å². The van der Waals surface area contributed by atoms with E-state index >= 15 is 0 Å². The first-order valence-corrected chi connectivity index (χ1v) is 6.74. The minimum absolute atomic E-state index is 0.0335. The summed E-state index contributed by atoms with van der Waals surface area (Å²) in [6.45, 7) is 1.95. The molecule has 7 heteroatoms. The normalized spacial score (nSPS) is 13.7. The Bertz CT molecular complexity index is 769. The largest absolute Gasteiger partial charge is 0.337 e. The van der Waals surface area contributed by atoms with Crippen molar-refractivity contribution in [2.24, 2.45) is 7.05 Å². The molecule has 0 bridgehead atoms. The van der Waals surface area contributed by atoms with Crippen molar-refractivity contribution in [2.75, 3.05) is 0 Å². The topological polar surface area (TPSA) is 82.9 Å². The molecule has 0 unspecified atom stereocenters. The van der Waals surface area contributed by atoms with Crippen molar-refractivity contribution < 1.29 is 4.52 Å². The lowest BCUT2D eigenvalue weighted by Gasteiger charge is -2.10. The van der Waals surface area contributed by atoms with Crippen molar-refractivity contribution >= 4 is 0 Å². The van der Waals surface area contributed by atoms with Crippen LogP contribution < -0.4 is 11.2 Å². The fourth-order valence-electron chi connectivity index (χ4n) is 2.65. The van der Waals surface area contributed by atoms with Gasteiger partial charge in [-0.3, -0.25) is 9.36 Å². The molecule has 0 aromatic carbocycles. The van der Waals surface area contributed by atoms with Gasteiger partial charge in [-0.25, -0.2) is 4.79 Å². The van der Waals surface area contributed by atoms with Crippen molar-refractivity contribution in [3.05, 3.63) is 43.8 Å². The summed E-state index contributed by atoms with van der Waals surface area (Å²) in [5.41, 5.74) is 1.04.